The minimum Gasteiger partial charge on any atom is -0.338 e. The number of rotatable bonds is 2. The fraction of sp³-hybridized carbons (Fsp3) is 0.0714. The molecule has 0 fully saturated rings. The maximum atomic E-state index is 5.97. The molecule has 4 heteroatoms. The summed E-state index contributed by atoms with van der Waals surface area (Å²) in [5.74, 6) is 0.843. The van der Waals surface area contributed by atoms with Gasteiger partial charge < -0.3 is 5.32 Å². The highest BCUT2D eigenvalue weighted by molar-refractivity contribution is 6.30. The van der Waals surface area contributed by atoms with Gasteiger partial charge in [-0.15, -0.1) is 0 Å². The molecule has 0 atom stereocenters. The molecule has 18 heavy (non-hydrogen) atoms. The Morgan fingerprint density at radius 3 is 2.78 bits per heavy atom. The maximum Gasteiger partial charge on any atom is 0.160 e. The van der Waals surface area contributed by atoms with Crippen LogP contribution in [0.2, 0.25) is 5.02 Å². The van der Waals surface area contributed by atoms with Crippen molar-refractivity contribution in [2.75, 3.05) is 5.32 Å². The molecule has 1 aromatic heterocycles. The maximum absolute atomic E-state index is 5.97. The van der Waals surface area contributed by atoms with Crippen molar-refractivity contribution in [3.05, 3.63) is 53.6 Å². The zero-order valence-electron chi connectivity index (χ0n) is 9.89. The van der Waals surface area contributed by atoms with Gasteiger partial charge in [0.2, 0.25) is 0 Å². The molecule has 0 bridgehead atoms. The number of hydrogen-bond acceptors (Lipinski definition) is 2. The van der Waals surface area contributed by atoms with Gasteiger partial charge in [0.1, 0.15) is 0 Å². The van der Waals surface area contributed by atoms with Crippen molar-refractivity contribution < 1.29 is 0 Å². The topological polar surface area (TPSA) is 29.9 Å². The summed E-state index contributed by atoms with van der Waals surface area (Å²) < 4.78 is 1.86. The van der Waals surface area contributed by atoms with Crippen molar-refractivity contribution in [1.29, 1.82) is 0 Å². The molecule has 90 valence electrons. The van der Waals surface area contributed by atoms with Crippen LogP contribution in [0.15, 0.2) is 48.5 Å². The molecular weight excluding hydrogens is 246 g/mol. The number of nitrogens with zero attached hydrogens (tertiary/aromatic N) is 2. The van der Waals surface area contributed by atoms with Gasteiger partial charge in [-0.05, 0) is 30.3 Å². The van der Waals surface area contributed by atoms with Crippen molar-refractivity contribution in [2.24, 2.45) is 7.05 Å². The molecule has 1 heterocycles. The largest absolute Gasteiger partial charge is 0.338 e. The zero-order valence-corrected chi connectivity index (χ0v) is 10.6. The first-order valence-corrected chi connectivity index (χ1v) is 6.06. The predicted molar refractivity (Wildman–Crippen MR) is 75.4 cm³/mol. The van der Waals surface area contributed by atoms with Crippen LogP contribution in [-0.4, -0.2) is 9.78 Å². The summed E-state index contributed by atoms with van der Waals surface area (Å²) in [4.78, 5) is 0. The van der Waals surface area contributed by atoms with Crippen molar-refractivity contribution in [3.8, 4) is 0 Å². The van der Waals surface area contributed by atoms with Crippen molar-refractivity contribution in [1.82, 2.24) is 9.78 Å². The summed E-state index contributed by atoms with van der Waals surface area (Å²) in [5, 5.41) is 9.58. The van der Waals surface area contributed by atoms with Gasteiger partial charge in [-0.2, -0.15) is 5.10 Å². The van der Waals surface area contributed by atoms with E-state index in [1.165, 1.54) is 0 Å². The predicted octanol–water partition coefficient (Wildman–Crippen LogP) is 3.97. The normalized spacial score (nSPS) is 10.8. The highest BCUT2D eigenvalue weighted by Gasteiger charge is 2.07. The van der Waals surface area contributed by atoms with Crippen LogP contribution in [0, 0.1) is 0 Å². The third kappa shape index (κ3) is 1.93. The Kier molecular flexibility index (Phi) is 2.68. The SMILES string of the molecule is Cn1nc(Nc2cccc(Cl)c2)c2ccccc21. The monoisotopic (exact) mass is 257 g/mol. The fourth-order valence-electron chi connectivity index (χ4n) is 2.01. The quantitative estimate of drug-likeness (QED) is 0.753. The second kappa shape index (κ2) is 4.35. The zero-order chi connectivity index (χ0) is 12.5. The second-order valence-electron chi connectivity index (χ2n) is 4.12. The molecule has 0 saturated heterocycles. The molecule has 3 rings (SSSR count). The molecule has 0 aliphatic heterocycles. The van der Waals surface area contributed by atoms with Crippen LogP contribution in [0.5, 0.6) is 0 Å². The minimum absolute atomic E-state index is 0.709. The summed E-state index contributed by atoms with van der Waals surface area (Å²) >= 11 is 5.97. The van der Waals surface area contributed by atoms with Gasteiger partial charge in [0.05, 0.1) is 5.52 Å². The van der Waals surface area contributed by atoms with E-state index in [1.807, 2.05) is 54.2 Å². The fourth-order valence-corrected chi connectivity index (χ4v) is 2.20. The lowest BCUT2D eigenvalue weighted by Gasteiger charge is -2.03. The average molecular weight is 258 g/mol. The summed E-state index contributed by atoms with van der Waals surface area (Å²) in [6.07, 6.45) is 0. The lowest BCUT2D eigenvalue weighted by atomic mass is 10.2. The van der Waals surface area contributed by atoms with Crippen LogP contribution in [-0.2, 0) is 7.05 Å². The molecule has 0 saturated carbocycles. The first kappa shape index (κ1) is 11.1. The molecule has 0 spiro atoms. The van der Waals surface area contributed by atoms with E-state index in [0.29, 0.717) is 5.02 Å². The number of benzene rings is 2. The van der Waals surface area contributed by atoms with Crippen LogP contribution in [0.25, 0.3) is 10.9 Å². The Balaban J connectivity index is 2.05. The molecule has 3 aromatic rings. The number of aryl methyl sites for hydroxylation is 1. The number of aromatic nitrogens is 2. The summed E-state index contributed by atoms with van der Waals surface area (Å²) in [5.41, 5.74) is 2.04. The van der Waals surface area contributed by atoms with Gasteiger partial charge >= 0.3 is 0 Å². The number of nitrogens with one attached hydrogen (secondary N) is 1. The molecule has 0 unspecified atom stereocenters. The molecule has 0 radical (unpaired) electrons. The molecule has 0 aliphatic carbocycles. The van der Waals surface area contributed by atoms with Gasteiger partial charge in [-0.1, -0.05) is 29.8 Å². The molecule has 1 N–H and O–H groups in total. The van der Waals surface area contributed by atoms with Gasteiger partial charge in [0.25, 0.3) is 0 Å². The molecule has 0 amide bonds. The van der Waals surface area contributed by atoms with E-state index < -0.39 is 0 Å². The lowest BCUT2D eigenvalue weighted by molar-refractivity contribution is 0.801. The van der Waals surface area contributed by atoms with E-state index >= 15 is 0 Å². The van der Waals surface area contributed by atoms with E-state index in [-0.39, 0.29) is 0 Å². The highest BCUT2D eigenvalue weighted by atomic mass is 35.5. The van der Waals surface area contributed by atoms with E-state index in [4.69, 9.17) is 11.6 Å². The Morgan fingerprint density at radius 2 is 1.94 bits per heavy atom. The van der Waals surface area contributed by atoms with Gasteiger partial charge in [0, 0.05) is 23.1 Å². The van der Waals surface area contributed by atoms with E-state index in [2.05, 4.69) is 16.5 Å². The summed E-state index contributed by atoms with van der Waals surface area (Å²) in [6, 6.07) is 15.7. The van der Waals surface area contributed by atoms with Crippen LogP contribution in [0.1, 0.15) is 0 Å². The Hall–Kier alpha value is -2.00. The number of halogens is 1. The Bertz CT molecular complexity index is 703. The second-order valence-corrected chi connectivity index (χ2v) is 4.56. The summed E-state index contributed by atoms with van der Waals surface area (Å²) in [7, 11) is 1.94. The lowest BCUT2D eigenvalue weighted by Crippen LogP contribution is -1.93. The van der Waals surface area contributed by atoms with E-state index in [9.17, 15) is 0 Å². The Morgan fingerprint density at radius 1 is 1.11 bits per heavy atom. The van der Waals surface area contributed by atoms with Crippen molar-refractivity contribution >= 4 is 34.0 Å². The van der Waals surface area contributed by atoms with Crippen molar-refractivity contribution in [2.45, 2.75) is 0 Å². The number of hydrogen-bond donors (Lipinski definition) is 1. The van der Waals surface area contributed by atoms with Gasteiger partial charge in [-0.25, -0.2) is 0 Å². The summed E-state index contributed by atoms with van der Waals surface area (Å²) in [6.45, 7) is 0. The van der Waals surface area contributed by atoms with Crippen LogP contribution in [0.3, 0.4) is 0 Å². The molecule has 3 nitrogen and oxygen atoms in total. The average Bonchev–Trinajstić information content (AvgIpc) is 2.67. The standard InChI is InChI=1S/C14H12ClN3/c1-18-13-8-3-2-7-12(13)14(17-18)16-11-6-4-5-10(15)9-11/h2-9H,1H3,(H,16,17). The third-order valence-electron chi connectivity index (χ3n) is 2.85. The van der Waals surface area contributed by atoms with Crippen LogP contribution >= 0.6 is 11.6 Å². The molecule has 0 aliphatic rings. The van der Waals surface area contributed by atoms with Crippen LogP contribution < -0.4 is 5.32 Å². The van der Waals surface area contributed by atoms with Gasteiger partial charge in [0.15, 0.2) is 5.82 Å². The molecular formula is C14H12ClN3. The number of para-hydroxylation sites is 1. The highest BCUT2D eigenvalue weighted by Crippen LogP contribution is 2.26. The van der Waals surface area contributed by atoms with Crippen LogP contribution in [0.4, 0.5) is 11.5 Å². The first-order valence-electron chi connectivity index (χ1n) is 5.68. The van der Waals surface area contributed by atoms with E-state index in [0.717, 1.165) is 22.4 Å². The van der Waals surface area contributed by atoms with Gasteiger partial charge in [-0.3, -0.25) is 4.68 Å². The smallest absolute Gasteiger partial charge is 0.160 e. The van der Waals surface area contributed by atoms with E-state index in [1.54, 1.807) is 0 Å². The first-order chi connectivity index (χ1) is 8.74. The molecule has 2 aromatic carbocycles. The van der Waals surface area contributed by atoms with Crippen molar-refractivity contribution in [3.63, 3.8) is 0 Å². The minimum atomic E-state index is 0.709. The third-order valence-corrected chi connectivity index (χ3v) is 3.08. The Labute approximate surface area is 110 Å². The number of fused-ring (bicyclic) bond motifs is 1. The number of anilines is 2.